The lowest BCUT2D eigenvalue weighted by Crippen LogP contribution is -2.37. The molecule has 0 saturated carbocycles. The Morgan fingerprint density at radius 3 is 2.43 bits per heavy atom. The Bertz CT molecular complexity index is 137. The van der Waals surface area contributed by atoms with E-state index in [-0.39, 0.29) is 0 Å². The molecule has 1 N–H and O–H groups in total. The molecular weight excluding hydrogens is 172 g/mol. The van der Waals surface area contributed by atoms with Gasteiger partial charge in [-0.15, -0.1) is 0 Å². The van der Waals surface area contributed by atoms with Crippen LogP contribution in [0.3, 0.4) is 0 Å². The Morgan fingerprint density at radius 1 is 1.29 bits per heavy atom. The van der Waals surface area contributed by atoms with Gasteiger partial charge in [0.15, 0.2) is 0 Å². The summed E-state index contributed by atoms with van der Waals surface area (Å²) in [6.45, 7) is 9.68. The number of likely N-dealkylation sites (tertiary alicyclic amines) is 1. The lowest BCUT2D eigenvalue weighted by molar-refractivity contribution is 0.172. The maximum atomic E-state index is 3.22. The minimum atomic E-state index is 0.879. The predicted molar refractivity (Wildman–Crippen MR) is 62.5 cm³/mol. The number of piperidine rings is 1. The molecule has 84 valence electrons. The van der Waals surface area contributed by atoms with E-state index in [0.717, 1.165) is 18.4 Å². The van der Waals surface area contributed by atoms with Crippen molar-refractivity contribution in [3.63, 3.8) is 0 Å². The lowest BCUT2D eigenvalue weighted by atomic mass is 9.89. The highest BCUT2D eigenvalue weighted by Crippen LogP contribution is 2.23. The summed E-state index contributed by atoms with van der Waals surface area (Å²) in [5.41, 5.74) is 0. The predicted octanol–water partition coefficient (Wildman–Crippen LogP) is 1.96. The topological polar surface area (TPSA) is 15.3 Å². The molecule has 1 aliphatic rings. The fourth-order valence-electron chi connectivity index (χ4n) is 2.38. The molecule has 1 saturated heterocycles. The summed E-state index contributed by atoms with van der Waals surface area (Å²) in [4.78, 5) is 2.59. The van der Waals surface area contributed by atoms with Gasteiger partial charge in [0.05, 0.1) is 0 Å². The first-order valence-corrected chi connectivity index (χ1v) is 6.09. The third kappa shape index (κ3) is 4.43. The SMILES string of the molecule is CNCCN1CCC(CC(C)C)CC1. The zero-order chi connectivity index (χ0) is 10.4. The van der Waals surface area contributed by atoms with Crippen molar-refractivity contribution in [2.24, 2.45) is 11.8 Å². The van der Waals surface area contributed by atoms with Gasteiger partial charge >= 0.3 is 0 Å². The third-order valence-corrected chi connectivity index (χ3v) is 3.19. The van der Waals surface area contributed by atoms with E-state index >= 15 is 0 Å². The molecule has 0 bridgehead atoms. The molecule has 1 fully saturated rings. The molecular formula is C12H26N2. The number of nitrogens with one attached hydrogen (secondary N) is 1. The Balaban J connectivity index is 2.11. The number of rotatable bonds is 5. The first kappa shape index (κ1) is 12.0. The van der Waals surface area contributed by atoms with Gasteiger partial charge in [0.1, 0.15) is 0 Å². The zero-order valence-corrected chi connectivity index (χ0v) is 10.1. The maximum absolute atomic E-state index is 3.22. The van der Waals surface area contributed by atoms with Crippen molar-refractivity contribution in [1.82, 2.24) is 10.2 Å². The van der Waals surface area contributed by atoms with Gasteiger partial charge in [0.2, 0.25) is 0 Å². The second-order valence-electron chi connectivity index (χ2n) is 5.02. The molecule has 1 heterocycles. The van der Waals surface area contributed by atoms with E-state index in [1.54, 1.807) is 0 Å². The summed E-state index contributed by atoms with van der Waals surface area (Å²) in [5.74, 6) is 1.88. The maximum Gasteiger partial charge on any atom is 0.0107 e. The number of hydrogen-bond donors (Lipinski definition) is 1. The van der Waals surface area contributed by atoms with Crippen molar-refractivity contribution >= 4 is 0 Å². The minimum absolute atomic E-state index is 0.879. The second-order valence-corrected chi connectivity index (χ2v) is 5.02. The van der Waals surface area contributed by atoms with Crippen molar-refractivity contribution in [1.29, 1.82) is 0 Å². The van der Waals surface area contributed by atoms with E-state index in [4.69, 9.17) is 0 Å². The molecule has 0 atom stereocenters. The Kier molecular flexibility index (Phi) is 5.49. The molecule has 1 rings (SSSR count). The van der Waals surface area contributed by atoms with Crippen molar-refractivity contribution in [2.75, 3.05) is 33.2 Å². The molecule has 2 nitrogen and oxygen atoms in total. The summed E-state index contributed by atoms with van der Waals surface area (Å²) in [5, 5.41) is 3.22. The van der Waals surface area contributed by atoms with Crippen LogP contribution in [0.4, 0.5) is 0 Å². The van der Waals surface area contributed by atoms with Gasteiger partial charge in [-0.3, -0.25) is 0 Å². The molecule has 0 radical (unpaired) electrons. The normalized spacial score (nSPS) is 20.6. The fraction of sp³-hybridized carbons (Fsp3) is 1.00. The highest BCUT2D eigenvalue weighted by atomic mass is 15.1. The fourth-order valence-corrected chi connectivity index (χ4v) is 2.38. The molecule has 0 aromatic carbocycles. The Hall–Kier alpha value is -0.0800. The highest BCUT2D eigenvalue weighted by Gasteiger charge is 2.19. The summed E-state index contributed by atoms with van der Waals surface area (Å²) in [7, 11) is 2.03. The van der Waals surface area contributed by atoms with E-state index in [9.17, 15) is 0 Å². The Labute approximate surface area is 89.1 Å². The lowest BCUT2D eigenvalue weighted by Gasteiger charge is -2.32. The first-order chi connectivity index (χ1) is 6.72. The number of nitrogens with zero attached hydrogens (tertiary/aromatic N) is 1. The first-order valence-electron chi connectivity index (χ1n) is 6.09. The minimum Gasteiger partial charge on any atom is -0.318 e. The van der Waals surface area contributed by atoms with Gasteiger partial charge in [0.25, 0.3) is 0 Å². The summed E-state index contributed by atoms with van der Waals surface area (Å²) >= 11 is 0. The smallest absolute Gasteiger partial charge is 0.0107 e. The highest BCUT2D eigenvalue weighted by molar-refractivity contribution is 4.73. The van der Waals surface area contributed by atoms with E-state index < -0.39 is 0 Å². The van der Waals surface area contributed by atoms with Crippen LogP contribution in [-0.2, 0) is 0 Å². The largest absolute Gasteiger partial charge is 0.318 e. The average molecular weight is 198 g/mol. The molecule has 2 heteroatoms. The van der Waals surface area contributed by atoms with Crippen LogP contribution < -0.4 is 5.32 Å². The van der Waals surface area contributed by atoms with Crippen LogP contribution in [0.15, 0.2) is 0 Å². The van der Waals surface area contributed by atoms with Gasteiger partial charge in [-0.05, 0) is 51.2 Å². The molecule has 0 aromatic rings. The van der Waals surface area contributed by atoms with Crippen molar-refractivity contribution in [2.45, 2.75) is 33.1 Å². The molecule has 0 aliphatic carbocycles. The van der Waals surface area contributed by atoms with Crippen LogP contribution in [0, 0.1) is 11.8 Å². The van der Waals surface area contributed by atoms with Crippen LogP contribution in [-0.4, -0.2) is 38.1 Å². The second kappa shape index (κ2) is 6.41. The number of likely N-dealkylation sites (N-methyl/N-ethyl adjacent to an activating group) is 1. The summed E-state index contributed by atoms with van der Waals surface area (Å²) in [6.07, 6.45) is 4.27. The molecule has 0 amide bonds. The van der Waals surface area contributed by atoms with Gasteiger partial charge in [0, 0.05) is 13.1 Å². The van der Waals surface area contributed by atoms with Crippen LogP contribution in [0.1, 0.15) is 33.1 Å². The molecule has 0 aromatic heterocycles. The van der Waals surface area contributed by atoms with Crippen LogP contribution in [0.2, 0.25) is 0 Å². The standard InChI is InChI=1S/C12H26N2/c1-11(2)10-12-4-7-14(8-5-12)9-6-13-3/h11-13H,4-10H2,1-3H3. The van der Waals surface area contributed by atoms with Crippen molar-refractivity contribution in [3.8, 4) is 0 Å². The molecule has 0 unspecified atom stereocenters. The van der Waals surface area contributed by atoms with Crippen molar-refractivity contribution in [3.05, 3.63) is 0 Å². The van der Waals surface area contributed by atoms with E-state index in [1.807, 2.05) is 7.05 Å². The third-order valence-electron chi connectivity index (χ3n) is 3.19. The number of hydrogen-bond acceptors (Lipinski definition) is 2. The summed E-state index contributed by atoms with van der Waals surface area (Å²) < 4.78 is 0. The van der Waals surface area contributed by atoms with Gasteiger partial charge < -0.3 is 10.2 Å². The zero-order valence-electron chi connectivity index (χ0n) is 10.1. The average Bonchev–Trinajstić information content (AvgIpc) is 2.16. The molecule has 14 heavy (non-hydrogen) atoms. The molecule has 1 aliphatic heterocycles. The van der Waals surface area contributed by atoms with Gasteiger partial charge in [-0.2, -0.15) is 0 Å². The van der Waals surface area contributed by atoms with E-state index in [0.29, 0.717) is 0 Å². The van der Waals surface area contributed by atoms with Gasteiger partial charge in [-0.1, -0.05) is 13.8 Å². The molecule has 0 spiro atoms. The van der Waals surface area contributed by atoms with E-state index in [1.165, 1.54) is 38.9 Å². The van der Waals surface area contributed by atoms with E-state index in [2.05, 4.69) is 24.1 Å². The van der Waals surface area contributed by atoms with Crippen LogP contribution >= 0.6 is 0 Å². The summed E-state index contributed by atoms with van der Waals surface area (Å²) in [6, 6.07) is 0. The van der Waals surface area contributed by atoms with Crippen LogP contribution in [0.5, 0.6) is 0 Å². The van der Waals surface area contributed by atoms with Crippen molar-refractivity contribution < 1.29 is 0 Å². The van der Waals surface area contributed by atoms with Crippen LogP contribution in [0.25, 0.3) is 0 Å². The monoisotopic (exact) mass is 198 g/mol. The van der Waals surface area contributed by atoms with Gasteiger partial charge in [-0.25, -0.2) is 0 Å². The quantitative estimate of drug-likeness (QED) is 0.726. The Morgan fingerprint density at radius 2 is 1.93 bits per heavy atom.